The zero-order valence-electron chi connectivity index (χ0n) is 18.7. The van der Waals surface area contributed by atoms with Gasteiger partial charge in [-0.25, -0.2) is 4.98 Å². The fourth-order valence-electron chi connectivity index (χ4n) is 4.23. The first-order chi connectivity index (χ1) is 15.5. The van der Waals surface area contributed by atoms with Crippen LogP contribution < -0.4 is 14.4 Å². The van der Waals surface area contributed by atoms with Gasteiger partial charge in [0.25, 0.3) is 0 Å². The fraction of sp³-hybridized carbons (Fsp3) is 0.333. The molecular weight excluding hydrogens is 404 g/mol. The topological polar surface area (TPSA) is 89.0 Å². The Morgan fingerprint density at radius 3 is 2.59 bits per heavy atom. The summed E-state index contributed by atoms with van der Waals surface area (Å²) in [6.45, 7) is 8.11. The van der Waals surface area contributed by atoms with E-state index in [0.29, 0.717) is 11.5 Å². The van der Waals surface area contributed by atoms with Gasteiger partial charge in [0.05, 0.1) is 24.5 Å². The van der Waals surface area contributed by atoms with E-state index in [1.165, 1.54) is 6.42 Å². The van der Waals surface area contributed by atoms with Crippen LogP contribution in [0.15, 0.2) is 36.7 Å². The van der Waals surface area contributed by atoms with Gasteiger partial charge in [0.15, 0.2) is 11.5 Å². The van der Waals surface area contributed by atoms with Crippen molar-refractivity contribution in [3.8, 4) is 22.8 Å². The Kier molecular flexibility index (Phi) is 5.13. The molecule has 1 atom stereocenters. The molecule has 8 nitrogen and oxygen atoms in total. The summed E-state index contributed by atoms with van der Waals surface area (Å²) in [6, 6.07) is 8.02. The number of hydrogen-bond acceptors (Lipinski definition) is 7. The highest BCUT2D eigenvalue weighted by Gasteiger charge is 2.20. The molecular formula is C24H26N6O2. The van der Waals surface area contributed by atoms with Crippen molar-refractivity contribution in [1.82, 2.24) is 25.4 Å². The number of rotatable bonds is 6. The Hall–Kier alpha value is -3.68. The van der Waals surface area contributed by atoms with Crippen molar-refractivity contribution in [2.24, 2.45) is 0 Å². The number of nitrogens with one attached hydrogen (secondary N) is 1. The Balaban J connectivity index is 1.50. The Bertz CT molecular complexity index is 1240. The SMILES string of the molecule is COc1cc2[nH]nc(-c3ccc(N4CCC4)nc3)c2cc1O[C@H](C)c1c(C)cnnc1C. The van der Waals surface area contributed by atoms with Crippen LogP contribution in [0.3, 0.4) is 0 Å². The summed E-state index contributed by atoms with van der Waals surface area (Å²) in [4.78, 5) is 6.90. The van der Waals surface area contributed by atoms with Crippen molar-refractivity contribution in [2.75, 3.05) is 25.1 Å². The molecule has 5 rings (SSSR count). The zero-order chi connectivity index (χ0) is 22.2. The summed E-state index contributed by atoms with van der Waals surface area (Å²) < 4.78 is 12.0. The zero-order valence-corrected chi connectivity index (χ0v) is 18.7. The van der Waals surface area contributed by atoms with Crippen molar-refractivity contribution in [1.29, 1.82) is 0 Å². The molecule has 1 N–H and O–H groups in total. The van der Waals surface area contributed by atoms with Crippen molar-refractivity contribution in [3.63, 3.8) is 0 Å². The van der Waals surface area contributed by atoms with Crippen LogP contribution in [0, 0.1) is 13.8 Å². The molecule has 0 amide bonds. The largest absolute Gasteiger partial charge is 0.493 e. The summed E-state index contributed by atoms with van der Waals surface area (Å²) in [6.07, 6.45) is 4.65. The van der Waals surface area contributed by atoms with E-state index >= 15 is 0 Å². The molecule has 164 valence electrons. The van der Waals surface area contributed by atoms with Gasteiger partial charge in [0.2, 0.25) is 0 Å². The number of pyridine rings is 1. The summed E-state index contributed by atoms with van der Waals surface area (Å²) >= 11 is 0. The molecule has 4 aromatic rings. The van der Waals surface area contributed by atoms with Crippen LogP contribution in [0.5, 0.6) is 11.5 Å². The van der Waals surface area contributed by atoms with E-state index in [1.807, 2.05) is 39.1 Å². The highest BCUT2D eigenvalue weighted by Crippen LogP contribution is 2.38. The summed E-state index contributed by atoms with van der Waals surface area (Å²) in [5.74, 6) is 2.30. The molecule has 8 heteroatoms. The van der Waals surface area contributed by atoms with Crippen molar-refractivity contribution < 1.29 is 9.47 Å². The minimum absolute atomic E-state index is 0.218. The van der Waals surface area contributed by atoms with Gasteiger partial charge in [0.1, 0.15) is 17.6 Å². The van der Waals surface area contributed by atoms with Crippen LogP contribution in [-0.4, -0.2) is 45.6 Å². The molecule has 1 aliphatic rings. The molecule has 0 aliphatic carbocycles. The lowest BCUT2D eigenvalue weighted by Crippen LogP contribution is -2.37. The number of aromatic nitrogens is 5. The van der Waals surface area contributed by atoms with E-state index in [4.69, 9.17) is 9.47 Å². The molecule has 0 bridgehead atoms. The van der Waals surface area contributed by atoms with Crippen molar-refractivity contribution >= 4 is 16.7 Å². The molecule has 1 saturated heterocycles. The van der Waals surface area contributed by atoms with Crippen molar-refractivity contribution in [3.05, 3.63) is 53.5 Å². The third-order valence-corrected chi connectivity index (χ3v) is 6.03. The number of fused-ring (bicyclic) bond motifs is 1. The van der Waals surface area contributed by atoms with E-state index < -0.39 is 0 Å². The normalized spacial score (nSPS) is 14.3. The molecule has 4 heterocycles. The van der Waals surface area contributed by atoms with Gasteiger partial charge in [-0.2, -0.15) is 15.3 Å². The maximum absolute atomic E-state index is 6.37. The van der Waals surface area contributed by atoms with Gasteiger partial charge >= 0.3 is 0 Å². The lowest BCUT2D eigenvalue weighted by Gasteiger charge is -2.31. The van der Waals surface area contributed by atoms with Crippen LogP contribution in [0.25, 0.3) is 22.2 Å². The molecule has 0 saturated carbocycles. The number of benzene rings is 1. The van der Waals surface area contributed by atoms with E-state index in [1.54, 1.807) is 13.3 Å². The molecule has 32 heavy (non-hydrogen) atoms. The minimum atomic E-state index is -0.218. The number of aryl methyl sites for hydroxylation is 2. The maximum Gasteiger partial charge on any atom is 0.162 e. The van der Waals surface area contributed by atoms with Crippen LogP contribution in [0.4, 0.5) is 5.82 Å². The summed E-state index contributed by atoms with van der Waals surface area (Å²) in [7, 11) is 1.64. The highest BCUT2D eigenvalue weighted by atomic mass is 16.5. The van der Waals surface area contributed by atoms with Gasteiger partial charge < -0.3 is 14.4 Å². The van der Waals surface area contributed by atoms with Crippen LogP contribution >= 0.6 is 0 Å². The number of nitrogens with zero attached hydrogens (tertiary/aromatic N) is 5. The number of hydrogen-bond donors (Lipinski definition) is 1. The second-order valence-corrected chi connectivity index (χ2v) is 8.15. The predicted octanol–water partition coefficient (Wildman–Crippen LogP) is 4.39. The van der Waals surface area contributed by atoms with E-state index in [2.05, 4.69) is 42.4 Å². The minimum Gasteiger partial charge on any atom is -0.493 e. The quantitative estimate of drug-likeness (QED) is 0.485. The van der Waals surface area contributed by atoms with Gasteiger partial charge in [0, 0.05) is 41.9 Å². The molecule has 0 spiro atoms. The molecule has 1 fully saturated rings. The standard InChI is InChI=1S/C24H26N6O2/c1-14-12-26-27-15(2)23(14)16(3)32-21-10-18-19(11-20(21)31-4)28-29-24(18)17-6-7-22(25-13-17)30-8-5-9-30/h6-7,10-13,16H,5,8-9H2,1-4H3,(H,28,29)/t16-/m1/s1. The number of aromatic amines is 1. The van der Waals surface area contributed by atoms with E-state index in [0.717, 1.165) is 57.9 Å². The van der Waals surface area contributed by atoms with Gasteiger partial charge in [-0.15, -0.1) is 0 Å². The second kappa shape index (κ2) is 8.11. The number of ether oxygens (including phenoxy) is 2. The Morgan fingerprint density at radius 1 is 1.09 bits per heavy atom. The smallest absolute Gasteiger partial charge is 0.162 e. The molecule has 0 radical (unpaired) electrons. The van der Waals surface area contributed by atoms with Crippen LogP contribution in [0.2, 0.25) is 0 Å². The predicted molar refractivity (Wildman–Crippen MR) is 123 cm³/mol. The lowest BCUT2D eigenvalue weighted by atomic mass is 10.0. The van der Waals surface area contributed by atoms with Crippen molar-refractivity contribution in [2.45, 2.75) is 33.3 Å². The third kappa shape index (κ3) is 3.51. The monoisotopic (exact) mass is 430 g/mol. The number of methoxy groups -OCH3 is 1. The average Bonchev–Trinajstić information content (AvgIpc) is 3.15. The van der Waals surface area contributed by atoms with Gasteiger partial charge in [-0.05, 0) is 51.0 Å². The first kappa shape index (κ1) is 20.2. The molecule has 3 aromatic heterocycles. The first-order valence-electron chi connectivity index (χ1n) is 10.8. The molecule has 1 aliphatic heterocycles. The molecule has 1 aromatic carbocycles. The van der Waals surface area contributed by atoms with E-state index in [9.17, 15) is 0 Å². The first-order valence-corrected chi connectivity index (χ1v) is 10.8. The molecule has 0 unspecified atom stereocenters. The Labute approximate surface area is 186 Å². The van der Waals surface area contributed by atoms with E-state index in [-0.39, 0.29) is 6.10 Å². The van der Waals surface area contributed by atoms with Gasteiger partial charge in [-0.1, -0.05) is 0 Å². The summed E-state index contributed by atoms with van der Waals surface area (Å²) in [5, 5.41) is 16.8. The second-order valence-electron chi connectivity index (χ2n) is 8.15. The Morgan fingerprint density at radius 2 is 1.94 bits per heavy atom. The van der Waals surface area contributed by atoms with Crippen LogP contribution in [-0.2, 0) is 0 Å². The average molecular weight is 431 g/mol. The van der Waals surface area contributed by atoms with Crippen LogP contribution in [0.1, 0.15) is 36.3 Å². The maximum atomic E-state index is 6.37. The number of anilines is 1. The summed E-state index contributed by atoms with van der Waals surface area (Å²) in [5.41, 5.74) is 5.59. The van der Waals surface area contributed by atoms with Gasteiger partial charge in [-0.3, -0.25) is 5.10 Å². The lowest BCUT2D eigenvalue weighted by molar-refractivity contribution is 0.214. The third-order valence-electron chi connectivity index (χ3n) is 6.03. The highest BCUT2D eigenvalue weighted by molar-refractivity contribution is 5.95. The number of H-pyrrole nitrogens is 1. The fourth-order valence-corrected chi connectivity index (χ4v) is 4.23.